The number of rotatable bonds is 7. The summed E-state index contributed by atoms with van der Waals surface area (Å²) in [5, 5.41) is 13.2. The predicted octanol–water partition coefficient (Wildman–Crippen LogP) is 5.18. The van der Waals surface area contributed by atoms with Crippen LogP contribution in [0, 0.1) is 0 Å². The summed E-state index contributed by atoms with van der Waals surface area (Å²) in [7, 11) is 0. The minimum atomic E-state index is -0.576. The Morgan fingerprint density at radius 1 is 1.03 bits per heavy atom. The molecule has 0 spiro atoms. The highest BCUT2D eigenvalue weighted by atomic mass is 16.5. The SMILES string of the molecule is O=C1OCCC/C1=C\c1ccccc1OC[C@@H](O)CN1CCC(c2ccc3ccccc3c2)CC1. The second kappa shape index (κ2) is 11.1. The van der Waals surface area contributed by atoms with Gasteiger partial charge in [0, 0.05) is 17.7 Å². The zero-order valence-electron chi connectivity index (χ0n) is 20.1. The Kier molecular flexibility index (Phi) is 7.45. The van der Waals surface area contributed by atoms with Crippen molar-refractivity contribution < 1.29 is 19.4 Å². The lowest BCUT2D eigenvalue weighted by Crippen LogP contribution is -2.40. The van der Waals surface area contributed by atoms with Gasteiger partial charge in [-0.3, -0.25) is 0 Å². The van der Waals surface area contributed by atoms with Crippen molar-refractivity contribution in [1.29, 1.82) is 0 Å². The molecule has 0 radical (unpaired) electrons. The number of benzene rings is 3. The molecule has 0 bridgehead atoms. The van der Waals surface area contributed by atoms with Crippen molar-refractivity contribution in [2.24, 2.45) is 0 Å². The molecule has 0 amide bonds. The van der Waals surface area contributed by atoms with Gasteiger partial charge in [-0.25, -0.2) is 4.79 Å². The summed E-state index contributed by atoms with van der Waals surface area (Å²) in [5.41, 5.74) is 2.92. The molecule has 0 unspecified atom stereocenters. The predicted molar refractivity (Wildman–Crippen MR) is 138 cm³/mol. The van der Waals surface area contributed by atoms with E-state index in [0.29, 0.717) is 36.8 Å². The van der Waals surface area contributed by atoms with Crippen LogP contribution in [-0.2, 0) is 9.53 Å². The lowest BCUT2D eigenvalue weighted by Gasteiger charge is -2.33. The van der Waals surface area contributed by atoms with Crippen molar-refractivity contribution in [2.75, 3.05) is 32.8 Å². The molecule has 182 valence electrons. The molecule has 0 aliphatic carbocycles. The fourth-order valence-electron chi connectivity index (χ4n) is 5.12. The maximum absolute atomic E-state index is 12.0. The molecule has 2 aliphatic rings. The monoisotopic (exact) mass is 471 g/mol. The van der Waals surface area contributed by atoms with E-state index in [0.717, 1.165) is 37.9 Å². The van der Waals surface area contributed by atoms with Crippen LogP contribution in [0.5, 0.6) is 5.75 Å². The van der Waals surface area contributed by atoms with Gasteiger partial charge in [0.1, 0.15) is 18.5 Å². The smallest absolute Gasteiger partial charge is 0.334 e. The molecule has 1 atom stereocenters. The third-order valence-electron chi connectivity index (χ3n) is 7.07. The van der Waals surface area contributed by atoms with Gasteiger partial charge in [-0.15, -0.1) is 0 Å². The Morgan fingerprint density at radius 3 is 2.63 bits per heavy atom. The van der Waals surface area contributed by atoms with Crippen molar-refractivity contribution in [3.05, 3.63) is 83.4 Å². The third-order valence-corrected chi connectivity index (χ3v) is 7.07. The van der Waals surface area contributed by atoms with E-state index >= 15 is 0 Å². The zero-order chi connectivity index (χ0) is 24.0. The number of para-hydroxylation sites is 1. The Bertz CT molecular complexity index is 1200. The minimum Gasteiger partial charge on any atom is -0.490 e. The number of nitrogens with zero attached hydrogens (tertiary/aromatic N) is 1. The molecule has 5 nitrogen and oxygen atoms in total. The Morgan fingerprint density at radius 2 is 1.80 bits per heavy atom. The van der Waals surface area contributed by atoms with E-state index in [1.165, 1.54) is 16.3 Å². The van der Waals surface area contributed by atoms with Gasteiger partial charge in [-0.05, 0) is 73.2 Å². The summed E-state index contributed by atoms with van der Waals surface area (Å²) in [6.45, 7) is 3.24. The number of β-amino-alcohol motifs (C(OH)–C–C–N with tert-alkyl or cyclic N) is 1. The summed E-state index contributed by atoms with van der Waals surface area (Å²) < 4.78 is 11.1. The van der Waals surface area contributed by atoms with Crippen LogP contribution in [0.25, 0.3) is 16.8 Å². The molecule has 3 aromatic carbocycles. The Labute approximate surface area is 207 Å². The van der Waals surface area contributed by atoms with Gasteiger partial charge in [0.15, 0.2) is 0 Å². The molecule has 3 aromatic rings. The number of aliphatic hydroxyl groups is 1. The van der Waals surface area contributed by atoms with Crippen molar-refractivity contribution in [1.82, 2.24) is 4.90 Å². The number of piperidine rings is 1. The molecule has 35 heavy (non-hydrogen) atoms. The number of aliphatic hydroxyl groups excluding tert-OH is 1. The lowest BCUT2D eigenvalue weighted by molar-refractivity contribution is -0.141. The molecule has 2 heterocycles. The average molecular weight is 472 g/mol. The summed E-state index contributed by atoms with van der Waals surface area (Å²) in [6.07, 6.45) is 5.02. The van der Waals surface area contributed by atoms with Gasteiger partial charge >= 0.3 is 5.97 Å². The second-order valence-electron chi connectivity index (χ2n) is 9.59. The van der Waals surface area contributed by atoms with Crippen LogP contribution in [0.2, 0.25) is 0 Å². The van der Waals surface area contributed by atoms with E-state index in [2.05, 4.69) is 47.4 Å². The summed E-state index contributed by atoms with van der Waals surface area (Å²) in [5.74, 6) is 0.987. The van der Waals surface area contributed by atoms with Gasteiger partial charge in [0.25, 0.3) is 0 Å². The Balaban J connectivity index is 1.12. The number of carbonyl (C=O) groups is 1. The van der Waals surface area contributed by atoms with Gasteiger partial charge in [-0.1, -0.05) is 60.7 Å². The summed E-state index contributed by atoms with van der Waals surface area (Å²) in [6, 6.07) is 23.0. The first kappa shape index (κ1) is 23.6. The lowest BCUT2D eigenvalue weighted by atomic mass is 9.88. The number of carbonyl (C=O) groups excluding carboxylic acids is 1. The highest BCUT2D eigenvalue weighted by molar-refractivity contribution is 5.94. The van der Waals surface area contributed by atoms with E-state index in [1.54, 1.807) is 0 Å². The molecule has 5 rings (SSSR count). The fraction of sp³-hybridized carbons (Fsp3) is 0.367. The maximum Gasteiger partial charge on any atom is 0.334 e. The van der Waals surface area contributed by atoms with E-state index in [1.807, 2.05) is 30.3 Å². The maximum atomic E-state index is 12.0. The average Bonchev–Trinajstić information content (AvgIpc) is 2.90. The van der Waals surface area contributed by atoms with Crippen LogP contribution in [0.1, 0.15) is 42.7 Å². The molecular formula is C30H33NO4. The molecule has 2 aliphatic heterocycles. The van der Waals surface area contributed by atoms with Crippen molar-refractivity contribution >= 4 is 22.8 Å². The molecule has 0 aromatic heterocycles. The molecule has 2 fully saturated rings. The molecule has 0 saturated carbocycles. The van der Waals surface area contributed by atoms with Crippen molar-refractivity contribution in [3.8, 4) is 5.75 Å². The quantitative estimate of drug-likeness (QED) is 0.380. The van der Waals surface area contributed by atoms with Crippen LogP contribution in [0.4, 0.5) is 0 Å². The Hall–Kier alpha value is -3.15. The number of fused-ring (bicyclic) bond motifs is 1. The summed E-state index contributed by atoms with van der Waals surface area (Å²) >= 11 is 0. The van der Waals surface area contributed by atoms with E-state index in [4.69, 9.17) is 9.47 Å². The van der Waals surface area contributed by atoms with Crippen LogP contribution in [0.15, 0.2) is 72.3 Å². The first-order chi connectivity index (χ1) is 17.2. The number of esters is 1. The topological polar surface area (TPSA) is 59.0 Å². The van der Waals surface area contributed by atoms with Crippen LogP contribution < -0.4 is 4.74 Å². The fourth-order valence-corrected chi connectivity index (χ4v) is 5.12. The number of hydrogen-bond donors (Lipinski definition) is 1. The van der Waals surface area contributed by atoms with Crippen molar-refractivity contribution in [3.63, 3.8) is 0 Å². The molecular weight excluding hydrogens is 438 g/mol. The van der Waals surface area contributed by atoms with Crippen molar-refractivity contribution in [2.45, 2.75) is 37.7 Å². The van der Waals surface area contributed by atoms with Gasteiger partial charge < -0.3 is 19.5 Å². The summed E-state index contributed by atoms with van der Waals surface area (Å²) in [4.78, 5) is 14.3. The van der Waals surface area contributed by atoms with Crippen LogP contribution in [-0.4, -0.2) is 54.9 Å². The van der Waals surface area contributed by atoms with Crippen LogP contribution >= 0.6 is 0 Å². The number of hydrogen-bond acceptors (Lipinski definition) is 5. The number of cyclic esters (lactones) is 1. The first-order valence-electron chi connectivity index (χ1n) is 12.6. The second-order valence-corrected chi connectivity index (χ2v) is 9.59. The third kappa shape index (κ3) is 5.92. The number of likely N-dealkylation sites (tertiary alicyclic amines) is 1. The van der Waals surface area contributed by atoms with Crippen LogP contribution in [0.3, 0.4) is 0 Å². The molecule has 1 N–H and O–H groups in total. The highest BCUT2D eigenvalue weighted by Gasteiger charge is 2.23. The van der Waals surface area contributed by atoms with Gasteiger partial charge in [-0.2, -0.15) is 0 Å². The van der Waals surface area contributed by atoms with E-state index in [-0.39, 0.29) is 12.6 Å². The zero-order valence-corrected chi connectivity index (χ0v) is 20.1. The number of ether oxygens (including phenoxy) is 2. The standard InChI is InChI=1S/C30H33NO4/c32-28(21-35-29-10-4-3-8-26(29)19-27-9-5-17-34-30(27)33)20-31-15-13-23(14-16-31)25-12-11-22-6-1-2-7-24(22)18-25/h1-4,6-8,10-12,18-19,23,28,32H,5,9,13-17,20-21H2/b27-19+/t28-/m0/s1. The van der Waals surface area contributed by atoms with Gasteiger partial charge in [0.2, 0.25) is 0 Å². The molecule has 5 heteroatoms. The molecule has 2 saturated heterocycles. The minimum absolute atomic E-state index is 0.217. The largest absolute Gasteiger partial charge is 0.490 e. The van der Waals surface area contributed by atoms with E-state index in [9.17, 15) is 9.90 Å². The van der Waals surface area contributed by atoms with E-state index < -0.39 is 6.10 Å². The normalized spacial score (nSPS) is 19.6. The first-order valence-corrected chi connectivity index (χ1v) is 12.6. The van der Waals surface area contributed by atoms with Gasteiger partial charge in [0.05, 0.1) is 6.61 Å². The highest BCUT2D eigenvalue weighted by Crippen LogP contribution is 2.30.